The quantitative estimate of drug-likeness (QED) is 0.105. The molecule has 6 rings (SSSR count). The van der Waals surface area contributed by atoms with E-state index in [4.69, 9.17) is 9.47 Å². The first-order chi connectivity index (χ1) is 21.3. The number of hydrogen-bond acceptors (Lipinski definition) is 7. The second-order valence-corrected chi connectivity index (χ2v) is 10.7. The Labute approximate surface area is 253 Å². The van der Waals surface area contributed by atoms with Crippen LogP contribution in [0.15, 0.2) is 103 Å². The predicted octanol–water partition coefficient (Wildman–Crippen LogP) is 5.78. The number of methoxy groups -OCH3 is 2. The van der Waals surface area contributed by atoms with Crippen LogP contribution in [0, 0.1) is 16.0 Å². The molecule has 10 heteroatoms. The standard InChI is InChI=1S/C34H29N3O7/c1-43-26-18-24(25(37(41)42)19-27(26)44-2)30-29(32(38)23-16-10-5-11-17-23)28(22-14-8-4-9-15-22)31-33(39)35(34(40)36(30)31)20-21-12-6-3-7-13-21/h3-19,28-31H,20H2,1-2H3. The number of benzene rings is 4. The molecule has 0 saturated carbocycles. The van der Waals surface area contributed by atoms with Crippen molar-refractivity contribution in [1.29, 1.82) is 0 Å². The summed E-state index contributed by atoms with van der Waals surface area (Å²) in [7, 11) is 2.76. The van der Waals surface area contributed by atoms with E-state index in [0.29, 0.717) is 11.1 Å². The molecule has 2 aliphatic heterocycles. The molecule has 0 radical (unpaired) electrons. The Kier molecular flexibility index (Phi) is 7.57. The topological polar surface area (TPSA) is 119 Å². The molecular weight excluding hydrogens is 562 g/mol. The van der Waals surface area contributed by atoms with Gasteiger partial charge in [-0.25, -0.2) is 4.79 Å². The van der Waals surface area contributed by atoms with E-state index < -0.39 is 40.8 Å². The molecule has 2 heterocycles. The number of Topliss-reactive ketones (excluding diaryl/α,β-unsaturated/α-hetero) is 1. The Balaban J connectivity index is 1.60. The number of nitro benzene ring substituents is 1. The summed E-state index contributed by atoms with van der Waals surface area (Å²) in [5, 5.41) is 12.5. The fourth-order valence-electron chi connectivity index (χ4n) is 6.52. The number of imide groups is 1. The van der Waals surface area contributed by atoms with Crippen molar-refractivity contribution in [2.75, 3.05) is 14.2 Å². The largest absolute Gasteiger partial charge is 0.493 e. The predicted molar refractivity (Wildman–Crippen MR) is 160 cm³/mol. The van der Waals surface area contributed by atoms with Crippen LogP contribution in [0.4, 0.5) is 10.5 Å². The number of urea groups is 1. The number of carbonyl (C=O) groups excluding carboxylic acids is 3. The number of rotatable bonds is 9. The minimum absolute atomic E-state index is 0.0189. The van der Waals surface area contributed by atoms with Gasteiger partial charge in [0.25, 0.3) is 11.6 Å². The zero-order valence-electron chi connectivity index (χ0n) is 24.0. The third kappa shape index (κ3) is 4.74. The summed E-state index contributed by atoms with van der Waals surface area (Å²) in [6.07, 6.45) is 0. The van der Waals surface area contributed by atoms with Crippen molar-refractivity contribution in [1.82, 2.24) is 9.80 Å². The lowest BCUT2D eigenvalue weighted by molar-refractivity contribution is -0.386. The monoisotopic (exact) mass is 591 g/mol. The molecule has 10 nitrogen and oxygen atoms in total. The van der Waals surface area contributed by atoms with E-state index in [1.807, 2.05) is 48.5 Å². The maximum atomic E-state index is 14.5. The van der Waals surface area contributed by atoms with Crippen molar-refractivity contribution in [2.45, 2.75) is 24.5 Å². The minimum atomic E-state index is -1.17. The van der Waals surface area contributed by atoms with Crippen LogP contribution in [0.2, 0.25) is 0 Å². The molecule has 4 unspecified atom stereocenters. The van der Waals surface area contributed by atoms with E-state index in [0.717, 1.165) is 5.56 Å². The average Bonchev–Trinajstić information content (AvgIpc) is 3.53. The zero-order valence-corrected chi connectivity index (χ0v) is 24.0. The molecule has 0 bridgehead atoms. The van der Waals surface area contributed by atoms with E-state index in [-0.39, 0.29) is 35.1 Å². The van der Waals surface area contributed by atoms with Gasteiger partial charge in [0.1, 0.15) is 6.04 Å². The van der Waals surface area contributed by atoms with E-state index in [1.54, 1.807) is 42.5 Å². The van der Waals surface area contributed by atoms with Crippen LogP contribution in [-0.4, -0.2) is 52.7 Å². The Bertz CT molecular complexity index is 1730. The van der Waals surface area contributed by atoms with Crippen molar-refractivity contribution in [2.24, 2.45) is 5.92 Å². The first kappa shape index (κ1) is 28.6. The number of nitro groups is 1. The molecule has 0 spiro atoms. The van der Waals surface area contributed by atoms with Gasteiger partial charge in [-0.1, -0.05) is 91.0 Å². The SMILES string of the molecule is COc1cc(C2C(C(=O)c3ccccc3)C(c3ccccc3)C3C(=O)N(Cc4ccccc4)C(=O)N32)c([N+](=O)[O-])cc1OC. The maximum absolute atomic E-state index is 14.5. The van der Waals surface area contributed by atoms with Gasteiger partial charge in [0.15, 0.2) is 17.3 Å². The van der Waals surface area contributed by atoms with Crippen molar-refractivity contribution in [3.05, 3.63) is 135 Å². The lowest BCUT2D eigenvalue weighted by atomic mass is 9.75. The van der Waals surface area contributed by atoms with Gasteiger partial charge in [-0.3, -0.25) is 24.6 Å². The molecular formula is C34H29N3O7. The van der Waals surface area contributed by atoms with Gasteiger partial charge in [-0.05, 0) is 17.2 Å². The molecule has 3 amide bonds. The van der Waals surface area contributed by atoms with E-state index in [1.165, 1.54) is 36.2 Å². The fraction of sp³-hybridized carbons (Fsp3) is 0.206. The molecule has 2 saturated heterocycles. The average molecular weight is 592 g/mol. The van der Waals surface area contributed by atoms with Gasteiger partial charge < -0.3 is 14.4 Å². The summed E-state index contributed by atoms with van der Waals surface area (Å²) in [4.78, 5) is 57.6. The Morgan fingerprint density at radius 3 is 1.98 bits per heavy atom. The van der Waals surface area contributed by atoms with Crippen LogP contribution in [0.3, 0.4) is 0 Å². The second kappa shape index (κ2) is 11.6. The molecule has 44 heavy (non-hydrogen) atoms. The summed E-state index contributed by atoms with van der Waals surface area (Å²) in [5.41, 5.74) is 1.51. The van der Waals surface area contributed by atoms with Crippen LogP contribution in [-0.2, 0) is 11.3 Å². The summed E-state index contributed by atoms with van der Waals surface area (Å²) in [6, 6.07) is 26.5. The second-order valence-electron chi connectivity index (χ2n) is 10.7. The van der Waals surface area contributed by atoms with Crippen LogP contribution >= 0.6 is 0 Å². The molecule has 4 aromatic rings. The van der Waals surface area contributed by atoms with Crippen LogP contribution in [0.1, 0.15) is 39.0 Å². The number of amides is 3. The molecule has 0 aromatic heterocycles. The Hall–Kier alpha value is -5.51. The minimum Gasteiger partial charge on any atom is -0.493 e. The van der Waals surface area contributed by atoms with E-state index in [2.05, 4.69) is 0 Å². The normalized spacial score (nSPS) is 20.9. The number of fused-ring (bicyclic) bond motifs is 1. The van der Waals surface area contributed by atoms with Crippen molar-refractivity contribution in [3.8, 4) is 11.5 Å². The highest BCUT2D eigenvalue weighted by molar-refractivity contribution is 6.08. The van der Waals surface area contributed by atoms with Crippen molar-refractivity contribution < 1.29 is 28.8 Å². The summed E-state index contributed by atoms with van der Waals surface area (Å²) in [5.74, 6) is -2.31. The smallest absolute Gasteiger partial charge is 0.328 e. The third-order valence-electron chi connectivity index (χ3n) is 8.41. The van der Waals surface area contributed by atoms with Crippen LogP contribution in [0.5, 0.6) is 11.5 Å². The van der Waals surface area contributed by atoms with Gasteiger partial charge in [-0.15, -0.1) is 0 Å². The highest BCUT2D eigenvalue weighted by atomic mass is 16.6. The van der Waals surface area contributed by atoms with E-state index >= 15 is 0 Å². The zero-order chi connectivity index (χ0) is 31.0. The van der Waals surface area contributed by atoms with Crippen LogP contribution in [0.25, 0.3) is 0 Å². The number of ether oxygens (including phenoxy) is 2. The first-order valence-electron chi connectivity index (χ1n) is 14.1. The van der Waals surface area contributed by atoms with Gasteiger partial charge in [0.2, 0.25) is 0 Å². The van der Waals surface area contributed by atoms with Gasteiger partial charge >= 0.3 is 6.03 Å². The van der Waals surface area contributed by atoms with Crippen molar-refractivity contribution >= 4 is 23.4 Å². The Morgan fingerprint density at radius 2 is 1.39 bits per heavy atom. The molecule has 222 valence electrons. The highest BCUT2D eigenvalue weighted by Crippen LogP contribution is 2.56. The number of nitrogens with zero attached hydrogens (tertiary/aromatic N) is 3. The summed E-state index contributed by atoms with van der Waals surface area (Å²) in [6.45, 7) is 0.0189. The van der Waals surface area contributed by atoms with Crippen LogP contribution < -0.4 is 9.47 Å². The molecule has 0 aliphatic carbocycles. The first-order valence-corrected chi connectivity index (χ1v) is 14.1. The lowest BCUT2D eigenvalue weighted by Gasteiger charge is -2.29. The summed E-state index contributed by atoms with van der Waals surface area (Å²) >= 11 is 0. The van der Waals surface area contributed by atoms with E-state index in [9.17, 15) is 24.5 Å². The maximum Gasteiger partial charge on any atom is 0.328 e. The molecule has 2 fully saturated rings. The molecule has 4 atom stereocenters. The number of hydrogen-bond donors (Lipinski definition) is 0. The number of ketones is 1. The highest BCUT2D eigenvalue weighted by Gasteiger charge is 2.64. The third-order valence-corrected chi connectivity index (χ3v) is 8.41. The molecule has 0 N–H and O–H groups in total. The Morgan fingerprint density at radius 1 is 0.818 bits per heavy atom. The molecule has 2 aliphatic rings. The van der Waals surface area contributed by atoms with Gasteiger partial charge in [-0.2, -0.15) is 0 Å². The fourth-order valence-corrected chi connectivity index (χ4v) is 6.52. The summed E-state index contributed by atoms with van der Waals surface area (Å²) < 4.78 is 10.9. The number of carbonyl (C=O) groups is 3. The lowest BCUT2D eigenvalue weighted by Crippen LogP contribution is -2.38. The molecule has 4 aromatic carbocycles. The van der Waals surface area contributed by atoms with Gasteiger partial charge in [0.05, 0.1) is 49.3 Å². The van der Waals surface area contributed by atoms with Crippen molar-refractivity contribution in [3.63, 3.8) is 0 Å². The van der Waals surface area contributed by atoms with Gasteiger partial charge in [0, 0.05) is 11.5 Å².